The summed E-state index contributed by atoms with van der Waals surface area (Å²) in [4.78, 5) is 35.8. The van der Waals surface area contributed by atoms with E-state index >= 15 is 0 Å². The maximum absolute atomic E-state index is 12.6. The summed E-state index contributed by atoms with van der Waals surface area (Å²) in [5, 5.41) is 14.0. The molecule has 2 aromatic carbocycles. The van der Waals surface area contributed by atoms with E-state index in [9.17, 15) is 14.4 Å². The van der Waals surface area contributed by atoms with E-state index in [0.717, 1.165) is 0 Å². The zero-order valence-electron chi connectivity index (χ0n) is 16.8. The highest BCUT2D eigenvalue weighted by Crippen LogP contribution is 2.15. The molecule has 2 aromatic rings. The molecule has 0 saturated heterocycles. The van der Waals surface area contributed by atoms with Gasteiger partial charge < -0.3 is 25.2 Å². The Balaban J connectivity index is 2.17. The Bertz CT molecular complexity index is 904. The molecule has 158 valence electrons. The summed E-state index contributed by atoms with van der Waals surface area (Å²) in [6.07, 6.45) is 1.76. The predicted molar refractivity (Wildman–Crippen MR) is 111 cm³/mol. The van der Waals surface area contributed by atoms with Crippen molar-refractivity contribution in [3.8, 4) is 11.5 Å². The van der Waals surface area contributed by atoms with Crippen molar-refractivity contribution < 1.29 is 29.0 Å². The first-order valence-corrected chi connectivity index (χ1v) is 9.24. The average molecular weight is 412 g/mol. The Kier molecular flexibility index (Phi) is 8.43. The molecule has 0 aliphatic rings. The lowest BCUT2D eigenvalue weighted by Gasteiger charge is -2.11. The lowest BCUT2D eigenvalue weighted by Crippen LogP contribution is -2.35. The highest BCUT2D eigenvalue weighted by Gasteiger charge is 2.15. The quantitative estimate of drug-likeness (QED) is 0.408. The van der Waals surface area contributed by atoms with Crippen LogP contribution in [0.5, 0.6) is 11.5 Å². The number of nitrogens with one attached hydrogen (secondary N) is 2. The number of hydrogen-bond acceptors (Lipinski definition) is 5. The number of methoxy groups -OCH3 is 2. The molecule has 0 atom stereocenters. The molecule has 30 heavy (non-hydrogen) atoms. The van der Waals surface area contributed by atoms with Crippen LogP contribution in [0.1, 0.15) is 28.8 Å². The van der Waals surface area contributed by atoms with Crippen molar-refractivity contribution in [3.63, 3.8) is 0 Å². The smallest absolute Gasteiger partial charge is 0.303 e. The van der Waals surface area contributed by atoms with Crippen LogP contribution >= 0.6 is 0 Å². The minimum absolute atomic E-state index is 0.0382. The maximum atomic E-state index is 12.6. The molecule has 2 rings (SSSR count). The van der Waals surface area contributed by atoms with Gasteiger partial charge in [-0.3, -0.25) is 14.4 Å². The third-order valence-electron chi connectivity index (χ3n) is 4.12. The molecule has 0 aromatic heterocycles. The van der Waals surface area contributed by atoms with Crippen LogP contribution in [0.2, 0.25) is 0 Å². The molecule has 0 radical (unpaired) electrons. The van der Waals surface area contributed by atoms with Crippen LogP contribution < -0.4 is 20.1 Å². The molecule has 0 spiro atoms. The molecule has 0 aliphatic heterocycles. The van der Waals surface area contributed by atoms with E-state index in [4.69, 9.17) is 14.6 Å². The number of ether oxygens (including phenoxy) is 2. The molecule has 3 N–H and O–H groups in total. The Morgan fingerprint density at radius 2 is 1.50 bits per heavy atom. The summed E-state index contributed by atoms with van der Waals surface area (Å²) in [6, 6.07) is 13.4. The number of rotatable bonds is 10. The van der Waals surface area contributed by atoms with Crippen molar-refractivity contribution in [2.75, 3.05) is 20.8 Å². The Morgan fingerprint density at radius 1 is 0.933 bits per heavy atom. The SMILES string of the molecule is COc1ccc(/C=C(\NC(=O)c2ccc(OC)cc2)C(=O)NCCCC(=O)O)cc1. The van der Waals surface area contributed by atoms with Crippen LogP contribution in [-0.2, 0) is 9.59 Å². The van der Waals surface area contributed by atoms with E-state index in [1.807, 2.05) is 0 Å². The van der Waals surface area contributed by atoms with Crippen LogP contribution in [0.25, 0.3) is 6.08 Å². The van der Waals surface area contributed by atoms with Gasteiger partial charge in [-0.1, -0.05) is 12.1 Å². The third-order valence-corrected chi connectivity index (χ3v) is 4.12. The summed E-state index contributed by atoms with van der Waals surface area (Å²) in [5.74, 6) is -0.645. The zero-order valence-corrected chi connectivity index (χ0v) is 16.8. The summed E-state index contributed by atoms with van der Waals surface area (Å²) < 4.78 is 10.2. The topological polar surface area (TPSA) is 114 Å². The van der Waals surface area contributed by atoms with Crippen LogP contribution in [0.3, 0.4) is 0 Å². The van der Waals surface area contributed by atoms with Crippen LogP contribution in [-0.4, -0.2) is 43.7 Å². The molecule has 8 nitrogen and oxygen atoms in total. The van der Waals surface area contributed by atoms with Crippen molar-refractivity contribution in [2.24, 2.45) is 0 Å². The molecule has 0 aliphatic carbocycles. The molecule has 0 fully saturated rings. The molecule has 0 heterocycles. The zero-order chi connectivity index (χ0) is 21.9. The monoisotopic (exact) mass is 412 g/mol. The standard InChI is InChI=1S/C22H24N2O6/c1-29-17-9-5-15(6-10-17)14-19(22(28)23-13-3-4-20(25)26)24-21(27)16-7-11-18(30-2)12-8-16/h5-12,14H,3-4,13H2,1-2H3,(H,23,28)(H,24,27)(H,25,26)/b19-14-. The van der Waals surface area contributed by atoms with Gasteiger partial charge in [0.05, 0.1) is 14.2 Å². The number of amides is 2. The van der Waals surface area contributed by atoms with E-state index in [-0.39, 0.29) is 25.1 Å². The molecular formula is C22H24N2O6. The van der Waals surface area contributed by atoms with E-state index in [0.29, 0.717) is 22.6 Å². The molecule has 0 bridgehead atoms. The van der Waals surface area contributed by atoms with Gasteiger partial charge in [0, 0.05) is 18.5 Å². The summed E-state index contributed by atoms with van der Waals surface area (Å²) in [7, 11) is 3.08. The second-order valence-electron chi connectivity index (χ2n) is 6.27. The Hall–Kier alpha value is -3.81. The van der Waals surface area contributed by atoms with Crippen LogP contribution in [0.15, 0.2) is 54.2 Å². The minimum atomic E-state index is -0.939. The van der Waals surface area contributed by atoms with Crippen LogP contribution in [0, 0.1) is 0 Å². The average Bonchev–Trinajstić information content (AvgIpc) is 2.76. The van der Waals surface area contributed by atoms with E-state index < -0.39 is 17.8 Å². The lowest BCUT2D eigenvalue weighted by atomic mass is 10.1. The van der Waals surface area contributed by atoms with Gasteiger partial charge in [-0.2, -0.15) is 0 Å². The van der Waals surface area contributed by atoms with Gasteiger partial charge in [0.25, 0.3) is 11.8 Å². The highest BCUT2D eigenvalue weighted by molar-refractivity contribution is 6.05. The predicted octanol–water partition coefficient (Wildman–Crippen LogP) is 2.46. The fourth-order valence-electron chi connectivity index (χ4n) is 2.50. The highest BCUT2D eigenvalue weighted by atomic mass is 16.5. The molecular weight excluding hydrogens is 388 g/mol. The number of carboxylic acids is 1. The minimum Gasteiger partial charge on any atom is -0.497 e. The first-order valence-electron chi connectivity index (χ1n) is 9.24. The summed E-state index contributed by atoms with van der Waals surface area (Å²) >= 11 is 0. The van der Waals surface area contributed by atoms with Crippen molar-refractivity contribution >= 4 is 23.9 Å². The van der Waals surface area contributed by atoms with Gasteiger partial charge >= 0.3 is 5.97 Å². The van der Waals surface area contributed by atoms with Gasteiger partial charge in [0.1, 0.15) is 17.2 Å². The lowest BCUT2D eigenvalue weighted by molar-refractivity contribution is -0.137. The van der Waals surface area contributed by atoms with Crippen molar-refractivity contribution in [2.45, 2.75) is 12.8 Å². The van der Waals surface area contributed by atoms with E-state index in [1.54, 1.807) is 55.6 Å². The third kappa shape index (κ3) is 6.97. The second kappa shape index (κ2) is 11.3. The van der Waals surface area contributed by atoms with Crippen molar-refractivity contribution in [1.82, 2.24) is 10.6 Å². The fraction of sp³-hybridized carbons (Fsp3) is 0.227. The van der Waals surface area contributed by atoms with E-state index in [1.165, 1.54) is 13.2 Å². The second-order valence-corrected chi connectivity index (χ2v) is 6.27. The van der Waals surface area contributed by atoms with E-state index in [2.05, 4.69) is 10.6 Å². The Labute approximate surface area is 174 Å². The first kappa shape index (κ1) is 22.5. The van der Waals surface area contributed by atoms with Crippen molar-refractivity contribution in [3.05, 3.63) is 65.4 Å². The molecule has 0 saturated carbocycles. The van der Waals surface area contributed by atoms with Gasteiger partial charge in [0.2, 0.25) is 0 Å². The van der Waals surface area contributed by atoms with Gasteiger partial charge in [-0.25, -0.2) is 0 Å². The normalized spacial score (nSPS) is 10.8. The summed E-state index contributed by atoms with van der Waals surface area (Å²) in [6.45, 7) is 0.170. The van der Waals surface area contributed by atoms with Crippen molar-refractivity contribution in [1.29, 1.82) is 0 Å². The number of hydrogen-bond donors (Lipinski definition) is 3. The molecule has 2 amide bonds. The Morgan fingerprint density at radius 3 is 2.03 bits per heavy atom. The number of carboxylic acid groups (broad SMARTS) is 1. The number of benzene rings is 2. The molecule has 0 unspecified atom stereocenters. The van der Waals surface area contributed by atoms with Gasteiger partial charge in [-0.15, -0.1) is 0 Å². The van der Waals surface area contributed by atoms with Gasteiger partial charge in [0.15, 0.2) is 0 Å². The summed E-state index contributed by atoms with van der Waals surface area (Å²) in [5.41, 5.74) is 1.08. The van der Waals surface area contributed by atoms with Crippen LogP contribution in [0.4, 0.5) is 0 Å². The maximum Gasteiger partial charge on any atom is 0.303 e. The van der Waals surface area contributed by atoms with Gasteiger partial charge in [-0.05, 0) is 54.5 Å². The number of carbonyl (C=O) groups is 3. The molecule has 8 heteroatoms. The fourth-order valence-corrected chi connectivity index (χ4v) is 2.50. The first-order chi connectivity index (χ1) is 14.4. The number of carbonyl (C=O) groups excluding carboxylic acids is 2. The number of aliphatic carboxylic acids is 1. The largest absolute Gasteiger partial charge is 0.497 e.